The smallest absolute Gasteiger partial charge is 0.236 e. The van der Waals surface area contributed by atoms with E-state index in [1.807, 2.05) is 19.1 Å². The highest BCUT2D eigenvalue weighted by atomic mass is 32.1. The molecule has 0 bridgehead atoms. The molecule has 0 saturated heterocycles. The van der Waals surface area contributed by atoms with Gasteiger partial charge in [0.05, 0.1) is 17.0 Å². The molecule has 4 nitrogen and oxygen atoms in total. The second-order valence-electron chi connectivity index (χ2n) is 4.40. The third-order valence-electron chi connectivity index (χ3n) is 2.59. The molecule has 1 aromatic carbocycles. The first-order valence-corrected chi connectivity index (χ1v) is 6.13. The van der Waals surface area contributed by atoms with Crippen LogP contribution in [-0.4, -0.2) is 17.5 Å². The fraction of sp³-hybridized carbons (Fsp3) is 0.385. The molecule has 5 heteroatoms. The zero-order valence-electron chi connectivity index (χ0n) is 10.8. The van der Waals surface area contributed by atoms with E-state index in [1.54, 1.807) is 26.0 Å². The number of rotatable bonds is 5. The topological polar surface area (TPSA) is 64.3 Å². The Kier molecular flexibility index (Phi) is 4.67. The predicted molar refractivity (Wildman–Crippen MR) is 76.8 cm³/mol. The maximum absolute atomic E-state index is 12.0. The van der Waals surface area contributed by atoms with Gasteiger partial charge in [0, 0.05) is 11.8 Å². The van der Waals surface area contributed by atoms with Gasteiger partial charge in [-0.15, -0.1) is 0 Å². The zero-order valence-corrected chi connectivity index (χ0v) is 11.6. The molecule has 1 rings (SSSR count). The summed E-state index contributed by atoms with van der Waals surface area (Å²) in [5, 5.41) is 2.78. The van der Waals surface area contributed by atoms with Gasteiger partial charge in [-0.05, 0) is 32.9 Å². The molecule has 0 heterocycles. The number of anilines is 1. The molecule has 98 valence electrons. The van der Waals surface area contributed by atoms with Crippen LogP contribution in [0.2, 0.25) is 0 Å². The number of carbonyl (C=O) groups is 1. The van der Waals surface area contributed by atoms with Crippen LogP contribution >= 0.6 is 12.2 Å². The van der Waals surface area contributed by atoms with Gasteiger partial charge < -0.3 is 15.8 Å². The molecule has 0 radical (unpaired) electrons. The van der Waals surface area contributed by atoms with Gasteiger partial charge >= 0.3 is 0 Å². The lowest BCUT2D eigenvalue weighted by Gasteiger charge is -2.22. The molecule has 0 spiro atoms. The Bertz CT molecular complexity index is 458. The Labute approximate surface area is 113 Å². The lowest BCUT2D eigenvalue weighted by atomic mass is 9.92. The van der Waals surface area contributed by atoms with Gasteiger partial charge in [0.2, 0.25) is 5.91 Å². The van der Waals surface area contributed by atoms with E-state index in [9.17, 15) is 4.79 Å². The van der Waals surface area contributed by atoms with Crippen LogP contribution < -0.4 is 15.8 Å². The Morgan fingerprint density at radius 1 is 1.50 bits per heavy atom. The van der Waals surface area contributed by atoms with Crippen molar-refractivity contribution in [2.45, 2.75) is 20.8 Å². The zero-order chi connectivity index (χ0) is 13.8. The number of carbonyl (C=O) groups excluding carboxylic acids is 1. The third kappa shape index (κ3) is 3.43. The molecule has 0 aliphatic rings. The van der Waals surface area contributed by atoms with Crippen LogP contribution in [0.15, 0.2) is 24.3 Å². The van der Waals surface area contributed by atoms with E-state index < -0.39 is 5.41 Å². The van der Waals surface area contributed by atoms with Crippen molar-refractivity contribution >= 4 is 28.8 Å². The highest BCUT2D eigenvalue weighted by molar-refractivity contribution is 7.80. The second kappa shape index (κ2) is 5.82. The highest BCUT2D eigenvalue weighted by Gasteiger charge is 2.30. The SMILES string of the molecule is CCOc1cccc(NC(=O)C(C)(C)C(N)=S)c1. The van der Waals surface area contributed by atoms with Crippen LogP contribution in [0.25, 0.3) is 0 Å². The number of nitrogens with one attached hydrogen (secondary N) is 1. The van der Waals surface area contributed by atoms with Gasteiger partial charge in [-0.2, -0.15) is 0 Å². The Hall–Kier alpha value is -1.62. The minimum atomic E-state index is -0.878. The largest absolute Gasteiger partial charge is 0.494 e. The second-order valence-corrected chi connectivity index (χ2v) is 4.84. The van der Waals surface area contributed by atoms with E-state index in [1.165, 1.54) is 0 Å². The first kappa shape index (κ1) is 14.4. The van der Waals surface area contributed by atoms with Crippen molar-refractivity contribution in [2.24, 2.45) is 11.1 Å². The van der Waals surface area contributed by atoms with E-state index in [0.29, 0.717) is 18.0 Å². The van der Waals surface area contributed by atoms with Crippen molar-refractivity contribution in [1.29, 1.82) is 0 Å². The molecule has 1 aromatic rings. The van der Waals surface area contributed by atoms with Crippen molar-refractivity contribution in [3.05, 3.63) is 24.3 Å². The van der Waals surface area contributed by atoms with Crippen LogP contribution in [-0.2, 0) is 4.79 Å². The van der Waals surface area contributed by atoms with Gasteiger partial charge in [0.1, 0.15) is 5.75 Å². The molecule has 0 fully saturated rings. The summed E-state index contributed by atoms with van der Waals surface area (Å²) in [6, 6.07) is 7.19. The number of hydrogen-bond donors (Lipinski definition) is 2. The minimum Gasteiger partial charge on any atom is -0.494 e. The average molecular weight is 266 g/mol. The van der Waals surface area contributed by atoms with E-state index >= 15 is 0 Å². The summed E-state index contributed by atoms with van der Waals surface area (Å²) >= 11 is 4.88. The van der Waals surface area contributed by atoms with Crippen LogP contribution in [0, 0.1) is 5.41 Å². The summed E-state index contributed by atoms with van der Waals surface area (Å²) in [7, 11) is 0. The average Bonchev–Trinajstić information content (AvgIpc) is 2.29. The molecule has 3 N–H and O–H groups in total. The summed E-state index contributed by atoms with van der Waals surface area (Å²) in [5.41, 5.74) is 5.33. The number of thiocarbonyl (C=S) groups is 1. The van der Waals surface area contributed by atoms with Gasteiger partial charge in [-0.3, -0.25) is 4.79 Å². The molecule has 0 aliphatic heterocycles. The highest BCUT2D eigenvalue weighted by Crippen LogP contribution is 2.22. The predicted octanol–water partition coefficient (Wildman–Crippen LogP) is 2.34. The van der Waals surface area contributed by atoms with E-state index in [0.717, 1.165) is 0 Å². The van der Waals surface area contributed by atoms with Gasteiger partial charge in [-0.1, -0.05) is 18.3 Å². The summed E-state index contributed by atoms with van der Waals surface area (Å²) < 4.78 is 5.36. The molecule has 18 heavy (non-hydrogen) atoms. The van der Waals surface area contributed by atoms with Gasteiger partial charge in [0.25, 0.3) is 0 Å². The lowest BCUT2D eigenvalue weighted by Crippen LogP contribution is -2.41. The standard InChI is InChI=1S/C13H18N2O2S/c1-4-17-10-7-5-6-9(8-10)15-12(16)13(2,3)11(14)18/h5-8H,4H2,1-3H3,(H2,14,18)(H,15,16). The number of ether oxygens (including phenoxy) is 1. The fourth-order valence-corrected chi connectivity index (χ4v) is 1.32. The van der Waals surface area contributed by atoms with E-state index in [2.05, 4.69) is 5.32 Å². The summed E-state index contributed by atoms with van der Waals surface area (Å²) in [6.45, 7) is 5.87. The fourth-order valence-electron chi connectivity index (χ4n) is 1.23. The molecule has 1 amide bonds. The van der Waals surface area contributed by atoms with E-state index in [-0.39, 0.29) is 10.9 Å². The van der Waals surface area contributed by atoms with Gasteiger partial charge in [-0.25, -0.2) is 0 Å². The molecular formula is C13H18N2O2S. The Balaban J connectivity index is 2.82. The van der Waals surface area contributed by atoms with Crippen molar-refractivity contribution in [1.82, 2.24) is 0 Å². The first-order chi connectivity index (χ1) is 8.37. The Morgan fingerprint density at radius 3 is 2.72 bits per heavy atom. The van der Waals surface area contributed by atoms with Crippen molar-refractivity contribution in [3.63, 3.8) is 0 Å². The minimum absolute atomic E-state index is 0.168. The monoisotopic (exact) mass is 266 g/mol. The normalized spacial score (nSPS) is 10.8. The van der Waals surface area contributed by atoms with Crippen LogP contribution in [0.5, 0.6) is 5.75 Å². The number of benzene rings is 1. The number of amides is 1. The van der Waals surface area contributed by atoms with Crippen LogP contribution in [0.1, 0.15) is 20.8 Å². The van der Waals surface area contributed by atoms with Crippen LogP contribution in [0.4, 0.5) is 5.69 Å². The maximum Gasteiger partial charge on any atom is 0.236 e. The van der Waals surface area contributed by atoms with Crippen molar-refractivity contribution in [3.8, 4) is 5.75 Å². The quantitative estimate of drug-likeness (QED) is 0.803. The van der Waals surface area contributed by atoms with Crippen molar-refractivity contribution < 1.29 is 9.53 Å². The van der Waals surface area contributed by atoms with Gasteiger partial charge in [0.15, 0.2) is 0 Å². The molecule has 0 atom stereocenters. The molecule has 0 unspecified atom stereocenters. The molecule has 0 saturated carbocycles. The third-order valence-corrected chi connectivity index (χ3v) is 3.10. The van der Waals surface area contributed by atoms with Crippen molar-refractivity contribution in [2.75, 3.05) is 11.9 Å². The lowest BCUT2D eigenvalue weighted by molar-refractivity contribution is -0.121. The summed E-state index contributed by atoms with van der Waals surface area (Å²) in [4.78, 5) is 12.2. The summed E-state index contributed by atoms with van der Waals surface area (Å²) in [6.07, 6.45) is 0. The molecule has 0 aliphatic carbocycles. The number of nitrogens with two attached hydrogens (primary N) is 1. The maximum atomic E-state index is 12.0. The van der Waals surface area contributed by atoms with E-state index in [4.69, 9.17) is 22.7 Å². The molecule has 0 aromatic heterocycles. The Morgan fingerprint density at radius 2 is 2.17 bits per heavy atom. The first-order valence-electron chi connectivity index (χ1n) is 5.72. The summed E-state index contributed by atoms with van der Waals surface area (Å²) in [5.74, 6) is 0.479. The molecular weight excluding hydrogens is 248 g/mol. The number of hydrogen-bond acceptors (Lipinski definition) is 3. The van der Waals surface area contributed by atoms with Crippen LogP contribution in [0.3, 0.4) is 0 Å².